The number of hydrogen-bond acceptors (Lipinski definition) is 2. The molecular weight excluding hydrogens is 382 g/mol. The number of hydrogen-bond donors (Lipinski definition) is 1. The quantitative estimate of drug-likeness (QED) is 0.483. The smallest absolute Gasteiger partial charge is 0.224 e. The summed E-state index contributed by atoms with van der Waals surface area (Å²) in [6.07, 6.45) is 0.350. The molecule has 0 aliphatic carbocycles. The van der Waals surface area contributed by atoms with Crippen LogP contribution in [0.2, 0.25) is 5.02 Å². The Bertz CT molecular complexity index is 1120. The van der Waals surface area contributed by atoms with E-state index in [9.17, 15) is 4.79 Å². The first-order valence-corrected chi connectivity index (χ1v) is 10.0. The Hall–Kier alpha value is -3.11. The second-order valence-corrected chi connectivity index (χ2v) is 7.56. The summed E-state index contributed by atoms with van der Waals surface area (Å²) in [5.74, 6) is 0.816. The van der Waals surface area contributed by atoms with Crippen molar-refractivity contribution < 1.29 is 4.79 Å². The minimum absolute atomic E-state index is 0.0196. The Morgan fingerprint density at radius 3 is 2.41 bits per heavy atom. The number of nitrogens with zero attached hydrogens (tertiary/aromatic N) is 2. The summed E-state index contributed by atoms with van der Waals surface area (Å²) in [6, 6.07) is 25.4. The van der Waals surface area contributed by atoms with Crippen LogP contribution in [0.25, 0.3) is 11.0 Å². The minimum Gasteiger partial charge on any atom is -0.346 e. The fraction of sp³-hybridized carbons (Fsp3) is 0.167. The molecule has 1 aromatic heterocycles. The molecule has 0 saturated carbocycles. The highest BCUT2D eigenvalue weighted by molar-refractivity contribution is 6.30. The molecule has 0 unspecified atom stereocenters. The van der Waals surface area contributed by atoms with Gasteiger partial charge in [0.2, 0.25) is 5.91 Å². The summed E-state index contributed by atoms with van der Waals surface area (Å²) in [5.41, 5.74) is 4.08. The van der Waals surface area contributed by atoms with E-state index in [0.717, 1.165) is 28.0 Å². The zero-order valence-corrected chi connectivity index (χ0v) is 16.9. The van der Waals surface area contributed by atoms with Crippen LogP contribution in [0.5, 0.6) is 0 Å². The molecule has 1 N–H and O–H groups in total. The van der Waals surface area contributed by atoms with Crippen molar-refractivity contribution in [2.75, 3.05) is 0 Å². The SMILES string of the molecule is C[C@H](NC(=O)Cc1ccccc1)c1nc2ccccc2n1Cc1ccc(Cl)cc1. The zero-order valence-electron chi connectivity index (χ0n) is 16.2. The van der Waals surface area contributed by atoms with Crippen LogP contribution in [0, 0.1) is 0 Å². The van der Waals surface area contributed by atoms with Crippen molar-refractivity contribution in [1.29, 1.82) is 0 Å². The standard InChI is InChI=1S/C24H22ClN3O/c1-17(26-23(29)15-18-7-3-2-4-8-18)24-27-21-9-5-6-10-22(21)28(24)16-19-11-13-20(25)14-12-19/h2-14,17H,15-16H2,1H3,(H,26,29)/t17-/m0/s1. The van der Waals surface area contributed by atoms with Gasteiger partial charge in [0, 0.05) is 11.6 Å². The maximum absolute atomic E-state index is 12.6. The number of halogens is 1. The van der Waals surface area contributed by atoms with Gasteiger partial charge < -0.3 is 9.88 Å². The lowest BCUT2D eigenvalue weighted by Crippen LogP contribution is -2.30. The van der Waals surface area contributed by atoms with E-state index in [4.69, 9.17) is 16.6 Å². The van der Waals surface area contributed by atoms with E-state index in [1.807, 2.05) is 79.7 Å². The van der Waals surface area contributed by atoms with Crippen LogP contribution in [0.1, 0.15) is 29.9 Å². The second kappa shape index (κ2) is 8.50. The summed E-state index contributed by atoms with van der Waals surface area (Å²) in [5, 5.41) is 3.81. The first kappa shape index (κ1) is 19.2. The largest absolute Gasteiger partial charge is 0.346 e. The Morgan fingerprint density at radius 2 is 1.66 bits per heavy atom. The van der Waals surface area contributed by atoms with E-state index in [-0.39, 0.29) is 11.9 Å². The molecule has 1 heterocycles. The van der Waals surface area contributed by atoms with Gasteiger partial charge in [-0.25, -0.2) is 4.98 Å². The third-order valence-electron chi connectivity index (χ3n) is 4.91. The van der Waals surface area contributed by atoms with E-state index in [1.54, 1.807) is 0 Å². The number of aromatic nitrogens is 2. The molecule has 4 nitrogen and oxygen atoms in total. The fourth-order valence-electron chi connectivity index (χ4n) is 3.50. The summed E-state index contributed by atoms with van der Waals surface area (Å²) in [7, 11) is 0. The molecule has 1 atom stereocenters. The van der Waals surface area contributed by atoms with Gasteiger partial charge in [-0.2, -0.15) is 0 Å². The van der Waals surface area contributed by atoms with Crippen molar-refractivity contribution in [3.8, 4) is 0 Å². The van der Waals surface area contributed by atoms with Gasteiger partial charge in [0.05, 0.1) is 23.5 Å². The van der Waals surface area contributed by atoms with Crippen LogP contribution in [0.3, 0.4) is 0 Å². The molecule has 4 rings (SSSR count). The number of para-hydroxylation sites is 2. The third-order valence-corrected chi connectivity index (χ3v) is 5.16. The molecule has 0 bridgehead atoms. The summed E-state index contributed by atoms with van der Waals surface area (Å²) < 4.78 is 2.16. The van der Waals surface area contributed by atoms with E-state index in [1.165, 1.54) is 0 Å². The average Bonchev–Trinajstić information content (AvgIpc) is 3.09. The molecule has 0 aliphatic heterocycles. The molecule has 4 aromatic rings. The Balaban J connectivity index is 1.60. The lowest BCUT2D eigenvalue weighted by molar-refractivity contribution is -0.121. The third kappa shape index (κ3) is 4.49. The lowest BCUT2D eigenvalue weighted by atomic mass is 10.1. The van der Waals surface area contributed by atoms with Gasteiger partial charge in [0.1, 0.15) is 5.82 Å². The van der Waals surface area contributed by atoms with Crippen molar-refractivity contribution >= 4 is 28.5 Å². The van der Waals surface area contributed by atoms with Crippen LogP contribution in [0.15, 0.2) is 78.9 Å². The average molecular weight is 404 g/mol. The zero-order chi connectivity index (χ0) is 20.2. The van der Waals surface area contributed by atoms with E-state index in [2.05, 4.69) is 16.0 Å². The summed E-state index contributed by atoms with van der Waals surface area (Å²) >= 11 is 6.03. The van der Waals surface area contributed by atoms with Crippen LogP contribution >= 0.6 is 11.6 Å². The van der Waals surface area contributed by atoms with Crippen LogP contribution in [-0.2, 0) is 17.8 Å². The number of imidazole rings is 1. The molecule has 0 saturated heterocycles. The van der Waals surface area contributed by atoms with Crippen molar-refractivity contribution in [1.82, 2.24) is 14.9 Å². The summed E-state index contributed by atoms with van der Waals surface area (Å²) in [6.45, 7) is 2.63. The van der Waals surface area contributed by atoms with E-state index < -0.39 is 0 Å². The van der Waals surface area contributed by atoms with Crippen molar-refractivity contribution in [3.05, 3.63) is 101 Å². The Labute approximate surface area is 175 Å². The predicted molar refractivity (Wildman–Crippen MR) is 117 cm³/mol. The van der Waals surface area contributed by atoms with Crippen molar-refractivity contribution in [3.63, 3.8) is 0 Å². The van der Waals surface area contributed by atoms with Gasteiger partial charge in [0.15, 0.2) is 0 Å². The van der Waals surface area contributed by atoms with Gasteiger partial charge in [-0.3, -0.25) is 4.79 Å². The minimum atomic E-state index is -0.217. The van der Waals surface area contributed by atoms with Crippen molar-refractivity contribution in [2.24, 2.45) is 0 Å². The molecule has 5 heteroatoms. The monoisotopic (exact) mass is 403 g/mol. The molecule has 3 aromatic carbocycles. The van der Waals surface area contributed by atoms with Gasteiger partial charge in [-0.1, -0.05) is 66.2 Å². The number of fused-ring (bicyclic) bond motifs is 1. The molecule has 29 heavy (non-hydrogen) atoms. The summed E-state index contributed by atoms with van der Waals surface area (Å²) in [4.78, 5) is 17.4. The van der Waals surface area contributed by atoms with Gasteiger partial charge in [0.25, 0.3) is 0 Å². The highest BCUT2D eigenvalue weighted by atomic mass is 35.5. The van der Waals surface area contributed by atoms with Gasteiger partial charge in [-0.05, 0) is 42.3 Å². The predicted octanol–water partition coefficient (Wildman–Crippen LogP) is 5.16. The van der Waals surface area contributed by atoms with Crippen LogP contribution < -0.4 is 5.32 Å². The molecule has 0 radical (unpaired) electrons. The highest BCUT2D eigenvalue weighted by Crippen LogP contribution is 2.23. The molecule has 146 valence electrons. The molecule has 0 fully saturated rings. The molecule has 1 amide bonds. The maximum atomic E-state index is 12.6. The van der Waals surface area contributed by atoms with Crippen LogP contribution in [-0.4, -0.2) is 15.5 Å². The topological polar surface area (TPSA) is 46.9 Å². The maximum Gasteiger partial charge on any atom is 0.224 e. The Kier molecular flexibility index (Phi) is 5.63. The molecule has 0 aliphatic rings. The van der Waals surface area contributed by atoms with Gasteiger partial charge >= 0.3 is 0 Å². The number of amides is 1. The number of nitrogens with one attached hydrogen (secondary N) is 1. The van der Waals surface area contributed by atoms with E-state index in [0.29, 0.717) is 18.0 Å². The Morgan fingerprint density at radius 1 is 0.966 bits per heavy atom. The number of rotatable bonds is 6. The first-order valence-electron chi connectivity index (χ1n) is 9.63. The number of carbonyl (C=O) groups excluding carboxylic acids is 1. The number of benzene rings is 3. The number of carbonyl (C=O) groups is 1. The normalized spacial score (nSPS) is 12.1. The van der Waals surface area contributed by atoms with Crippen molar-refractivity contribution in [2.45, 2.75) is 25.9 Å². The first-order chi connectivity index (χ1) is 14.1. The lowest BCUT2D eigenvalue weighted by Gasteiger charge is -2.17. The van der Waals surface area contributed by atoms with Crippen LogP contribution in [0.4, 0.5) is 0 Å². The highest BCUT2D eigenvalue weighted by Gasteiger charge is 2.18. The van der Waals surface area contributed by atoms with Gasteiger partial charge in [-0.15, -0.1) is 0 Å². The molecular formula is C24H22ClN3O. The molecule has 0 spiro atoms. The fourth-order valence-corrected chi connectivity index (χ4v) is 3.63. The van der Waals surface area contributed by atoms with E-state index >= 15 is 0 Å². The second-order valence-electron chi connectivity index (χ2n) is 7.12.